The third kappa shape index (κ3) is 3.56. The van der Waals surface area contributed by atoms with Crippen LogP contribution in [0.2, 0.25) is 0 Å². The Morgan fingerprint density at radius 1 is 1.24 bits per heavy atom. The third-order valence-electron chi connectivity index (χ3n) is 5.18. The molecule has 0 N–H and O–H groups in total. The molecule has 130 valence electrons. The first-order valence-corrected chi connectivity index (χ1v) is 9.06. The van der Waals surface area contributed by atoms with Gasteiger partial charge < -0.3 is 9.64 Å². The maximum atomic E-state index is 13.1. The Balaban J connectivity index is 1.47. The SMILES string of the molecule is O=C(c1ccc2c(c1)CCC2)N1CCOCC1CCc1cnccn1. The maximum absolute atomic E-state index is 13.1. The summed E-state index contributed by atoms with van der Waals surface area (Å²) >= 11 is 0. The van der Waals surface area contributed by atoms with E-state index in [0.29, 0.717) is 19.8 Å². The first-order valence-electron chi connectivity index (χ1n) is 9.06. The van der Waals surface area contributed by atoms with Crippen LogP contribution in [-0.2, 0) is 24.0 Å². The lowest BCUT2D eigenvalue weighted by atomic mass is 10.0. The van der Waals surface area contributed by atoms with Crippen molar-refractivity contribution in [2.24, 2.45) is 0 Å². The van der Waals surface area contributed by atoms with Crippen molar-refractivity contribution < 1.29 is 9.53 Å². The van der Waals surface area contributed by atoms with Gasteiger partial charge in [-0.15, -0.1) is 0 Å². The molecule has 1 atom stereocenters. The van der Waals surface area contributed by atoms with Crippen LogP contribution in [0.3, 0.4) is 0 Å². The van der Waals surface area contributed by atoms with Crippen LogP contribution in [0, 0.1) is 0 Å². The van der Waals surface area contributed by atoms with Crippen LogP contribution in [-0.4, -0.2) is 46.6 Å². The lowest BCUT2D eigenvalue weighted by Gasteiger charge is -2.36. The quantitative estimate of drug-likeness (QED) is 0.860. The van der Waals surface area contributed by atoms with Gasteiger partial charge in [-0.1, -0.05) is 6.07 Å². The van der Waals surface area contributed by atoms with Crippen LogP contribution >= 0.6 is 0 Å². The Morgan fingerprint density at radius 2 is 2.16 bits per heavy atom. The lowest BCUT2D eigenvalue weighted by Crippen LogP contribution is -2.49. The molecular weight excluding hydrogens is 314 g/mol. The fraction of sp³-hybridized carbons (Fsp3) is 0.450. The second-order valence-corrected chi connectivity index (χ2v) is 6.80. The van der Waals surface area contributed by atoms with Crippen LogP contribution in [0.4, 0.5) is 0 Å². The van der Waals surface area contributed by atoms with Gasteiger partial charge in [-0.05, 0) is 55.4 Å². The number of rotatable bonds is 4. The molecule has 1 fully saturated rings. The highest BCUT2D eigenvalue weighted by molar-refractivity contribution is 5.94. The first-order chi connectivity index (χ1) is 12.3. The minimum atomic E-state index is 0.0940. The van der Waals surface area contributed by atoms with Gasteiger partial charge in [0.1, 0.15) is 0 Å². The molecule has 1 saturated heterocycles. The summed E-state index contributed by atoms with van der Waals surface area (Å²) < 4.78 is 5.63. The van der Waals surface area contributed by atoms with Crippen molar-refractivity contribution in [3.05, 3.63) is 59.2 Å². The van der Waals surface area contributed by atoms with Crippen LogP contribution in [0.25, 0.3) is 0 Å². The monoisotopic (exact) mass is 337 g/mol. The molecule has 2 heterocycles. The number of nitrogens with zero attached hydrogens (tertiary/aromatic N) is 3. The molecule has 25 heavy (non-hydrogen) atoms. The molecule has 1 aromatic carbocycles. The number of hydrogen-bond donors (Lipinski definition) is 0. The van der Waals surface area contributed by atoms with Crippen molar-refractivity contribution in [1.82, 2.24) is 14.9 Å². The molecule has 0 saturated carbocycles. The Labute approximate surface area is 148 Å². The van der Waals surface area contributed by atoms with Gasteiger partial charge in [0.25, 0.3) is 5.91 Å². The molecule has 2 aliphatic rings. The summed E-state index contributed by atoms with van der Waals surface area (Å²) in [4.78, 5) is 23.5. The van der Waals surface area contributed by atoms with Crippen molar-refractivity contribution in [3.63, 3.8) is 0 Å². The predicted molar refractivity (Wildman–Crippen MR) is 94.5 cm³/mol. The summed E-state index contributed by atoms with van der Waals surface area (Å²) in [5, 5.41) is 0. The number of ether oxygens (including phenoxy) is 1. The van der Waals surface area contributed by atoms with E-state index in [1.165, 1.54) is 17.5 Å². The van der Waals surface area contributed by atoms with Gasteiger partial charge in [0, 0.05) is 30.7 Å². The predicted octanol–water partition coefficient (Wildman–Crippen LogP) is 2.44. The molecule has 5 heteroatoms. The van der Waals surface area contributed by atoms with E-state index in [0.717, 1.165) is 36.9 Å². The number of aromatic nitrogens is 2. The molecule has 2 aromatic rings. The van der Waals surface area contributed by atoms with E-state index < -0.39 is 0 Å². The van der Waals surface area contributed by atoms with Gasteiger partial charge in [-0.25, -0.2) is 0 Å². The minimum absolute atomic E-state index is 0.0940. The van der Waals surface area contributed by atoms with E-state index in [1.807, 2.05) is 11.0 Å². The molecule has 1 unspecified atom stereocenters. The van der Waals surface area contributed by atoms with Crippen LogP contribution in [0.1, 0.15) is 40.0 Å². The van der Waals surface area contributed by atoms with Crippen LogP contribution in [0.5, 0.6) is 0 Å². The summed E-state index contributed by atoms with van der Waals surface area (Å²) in [6, 6.07) is 6.31. The summed E-state index contributed by atoms with van der Waals surface area (Å²) in [6.45, 7) is 1.86. The van der Waals surface area contributed by atoms with Gasteiger partial charge in [-0.2, -0.15) is 0 Å². The van der Waals surface area contributed by atoms with Crippen LogP contribution in [0.15, 0.2) is 36.8 Å². The van der Waals surface area contributed by atoms with Gasteiger partial charge in [0.2, 0.25) is 0 Å². The van der Waals surface area contributed by atoms with E-state index >= 15 is 0 Å². The minimum Gasteiger partial charge on any atom is -0.377 e. The molecule has 4 rings (SSSR count). The average molecular weight is 337 g/mol. The molecule has 5 nitrogen and oxygen atoms in total. The number of aryl methyl sites for hydroxylation is 3. The molecule has 0 spiro atoms. The third-order valence-corrected chi connectivity index (χ3v) is 5.18. The number of fused-ring (bicyclic) bond motifs is 1. The molecule has 1 aliphatic carbocycles. The van der Waals surface area contributed by atoms with Gasteiger partial charge in [0.15, 0.2) is 0 Å². The van der Waals surface area contributed by atoms with Gasteiger partial charge in [0.05, 0.1) is 24.9 Å². The summed E-state index contributed by atoms with van der Waals surface area (Å²) in [7, 11) is 0. The number of hydrogen-bond acceptors (Lipinski definition) is 4. The summed E-state index contributed by atoms with van der Waals surface area (Å²) in [6.07, 6.45) is 10.3. The largest absolute Gasteiger partial charge is 0.377 e. The maximum Gasteiger partial charge on any atom is 0.254 e. The lowest BCUT2D eigenvalue weighted by molar-refractivity contribution is -0.00413. The summed E-state index contributed by atoms with van der Waals surface area (Å²) in [5.41, 5.74) is 4.51. The van der Waals surface area contributed by atoms with Crippen molar-refractivity contribution in [2.45, 2.75) is 38.1 Å². The molecule has 1 amide bonds. The number of carbonyl (C=O) groups excluding carboxylic acids is 1. The Hall–Kier alpha value is -2.27. The topological polar surface area (TPSA) is 55.3 Å². The van der Waals surface area contributed by atoms with E-state index in [4.69, 9.17) is 4.74 Å². The molecule has 0 bridgehead atoms. The van der Waals surface area contributed by atoms with Gasteiger partial charge in [-0.3, -0.25) is 14.8 Å². The average Bonchev–Trinajstić information content (AvgIpc) is 3.14. The molecular formula is C20H23N3O2. The zero-order valence-electron chi connectivity index (χ0n) is 14.4. The fourth-order valence-corrected chi connectivity index (χ4v) is 3.81. The van der Waals surface area contributed by atoms with Crippen molar-refractivity contribution in [3.8, 4) is 0 Å². The second kappa shape index (κ2) is 7.31. The van der Waals surface area contributed by atoms with E-state index in [1.54, 1.807) is 18.6 Å². The van der Waals surface area contributed by atoms with Crippen LogP contribution < -0.4 is 0 Å². The highest BCUT2D eigenvalue weighted by Gasteiger charge is 2.28. The van der Waals surface area contributed by atoms with Crippen molar-refractivity contribution in [2.75, 3.05) is 19.8 Å². The first kappa shape index (κ1) is 16.2. The van der Waals surface area contributed by atoms with Crippen molar-refractivity contribution in [1.29, 1.82) is 0 Å². The fourth-order valence-electron chi connectivity index (χ4n) is 3.81. The number of carbonyl (C=O) groups is 1. The highest BCUT2D eigenvalue weighted by Crippen LogP contribution is 2.24. The smallest absolute Gasteiger partial charge is 0.254 e. The number of benzene rings is 1. The van der Waals surface area contributed by atoms with Gasteiger partial charge >= 0.3 is 0 Å². The zero-order valence-corrected chi connectivity index (χ0v) is 14.4. The highest BCUT2D eigenvalue weighted by atomic mass is 16.5. The number of amides is 1. The Morgan fingerprint density at radius 3 is 3.04 bits per heavy atom. The van der Waals surface area contributed by atoms with E-state index in [2.05, 4.69) is 22.1 Å². The number of morpholine rings is 1. The molecule has 0 radical (unpaired) electrons. The summed E-state index contributed by atoms with van der Waals surface area (Å²) in [5.74, 6) is 0.127. The van der Waals surface area contributed by atoms with E-state index in [9.17, 15) is 4.79 Å². The zero-order chi connectivity index (χ0) is 17.1. The second-order valence-electron chi connectivity index (χ2n) is 6.80. The Bertz CT molecular complexity index is 748. The normalized spacial score (nSPS) is 19.7. The standard InChI is InChI=1S/C20H23N3O2/c24-20(17-5-4-15-2-1-3-16(15)12-17)23-10-11-25-14-19(23)7-6-18-13-21-8-9-22-18/h4-5,8-9,12-13,19H,1-3,6-7,10-11,14H2. The van der Waals surface area contributed by atoms with Crippen molar-refractivity contribution >= 4 is 5.91 Å². The molecule has 1 aromatic heterocycles. The van der Waals surface area contributed by atoms with E-state index in [-0.39, 0.29) is 11.9 Å². The Kier molecular flexibility index (Phi) is 4.74. The molecule has 1 aliphatic heterocycles.